The molecule has 1 aliphatic carbocycles. The van der Waals surface area contributed by atoms with Gasteiger partial charge in [-0.15, -0.1) is 0 Å². The zero-order valence-corrected chi connectivity index (χ0v) is 9.58. The lowest BCUT2D eigenvalue weighted by Gasteiger charge is -2.43. The van der Waals surface area contributed by atoms with Crippen molar-refractivity contribution in [3.05, 3.63) is 17.5 Å². The van der Waals surface area contributed by atoms with Crippen LogP contribution in [0.25, 0.3) is 0 Å². The summed E-state index contributed by atoms with van der Waals surface area (Å²) < 4.78 is 2.08. The summed E-state index contributed by atoms with van der Waals surface area (Å²) in [7, 11) is 2.08. The van der Waals surface area contributed by atoms with E-state index in [9.17, 15) is 0 Å². The van der Waals surface area contributed by atoms with Crippen LogP contribution in [0.2, 0.25) is 0 Å². The number of rotatable bonds is 1. The van der Waals surface area contributed by atoms with Crippen molar-refractivity contribution in [1.82, 2.24) is 15.1 Å². The van der Waals surface area contributed by atoms with Crippen LogP contribution in [0.15, 0.2) is 6.20 Å². The molecule has 1 spiro atoms. The molecule has 2 fully saturated rings. The Morgan fingerprint density at radius 3 is 2.87 bits per heavy atom. The van der Waals surface area contributed by atoms with E-state index in [-0.39, 0.29) is 0 Å². The van der Waals surface area contributed by atoms with Gasteiger partial charge in [0.15, 0.2) is 0 Å². The molecule has 1 saturated carbocycles. The summed E-state index contributed by atoms with van der Waals surface area (Å²) >= 11 is 0. The lowest BCUT2D eigenvalue weighted by Crippen LogP contribution is -2.37. The molecule has 0 unspecified atom stereocenters. The molecule has 1 N–H and O–H groups in total. The maximum absolute atomic E-state index is 4.37. The van der Waals surface area contributed by atoms with Crippen LogP contribution < -0.4 is 5.32 Å². The Labute approximate surface area is 90.9 Å². The van der Waals surface area contributed by atoms with Gasteiger partial charge in [0.05, 0.1) is 6.20 Å². The first-order chi connectivity index (χ1) is 7.23. The Balaban J connectivity index is 1.99. The summed E-state index contributed by atoms with van der Waals surface area (Å²) in [6.07, 6.45) is 6.21. The molecule has 2 heterocycles. The van der Waals surface area contributed by atoms with Crippen molar-refractivity contribution in [2.24, 2.45) is 12.5 Å². The second-order valence-electron chi connectivity index (χ2n) is 5.24. The van der Waals surface area contributed by atoms with Gasteiger partial charge in [-0.05, 0) is 30.7 Å². The Morgan fingerprint density at radius 2 is 2.33 bits per heavy atom. The van der Waals surface area contributed by atoms with Crippen LogP contribution in [0.5, 0.6) is 0 Å². The molecule has 0 bridgehead atoms. The maximum atomic E-state index is 4.37. The van der Waals surface area contributed by atoms with E-state index in [1.807, 2.05) is 6.20 Å². The standard InChI is InChI=1S/C12H19N3/c1-9-6-14-15(2)11(9)10-7-13-8-12(10)4-3-5-12/h6,10,13H,3-5,7-8H2,1-2H3/t10-/m1/s1. The highest BCUT2D eigenvalue weighted by Crippen LogP contribution is 2.53. The molecule has 0 amide bonds. The number of aromatic nitrogens is 2. The molecule has 3 rings (SSSR count). The van der Waals surface area contributed by atoms with Crippen molar-refractivity contribution >= 4 is 0 Å². The second-order valence-corrected chi connectivity index (χ2v) is 5.24. The Morgan fingerprint density at radius 1 is 1.53 bits per heavy atom. The van der Waals surface area contributed by atoms with E-state index in [0.717, 1.165) is 6.54 Å². The fourth-order valence-electron chi connectivity index (χ4n) is 3.41. The summed E-state index contributed by atoms with van der Waals surface area (Å²) in [6, 6.07) is 0. The maximum Gasteiger partial charge on any atom is 0.0521 e. The van der Waals surface area contributed by atoms with Gasteiger partial charge in [0.1, 0.15) is 0 Å². The zero-order chi connectivity index (χ0) is 10.5. The highest BCUT2D eigenvalue weighted by atomic mass is 15.3. The van der Waals surface area contributed by atoms with Gasteiger partial charge in [-0.1, -0.05) is 6.42 Å². The number of hydrogen-bond donors (Lipinski definition) is 1. The van der Waals surface area contributed by atoms with Crippen molar-refractivity contribution in [3.8, 4) is 0 Å². The molecule has 1 aromatic rings. The molecule has 1 aromatic heterocycles. The number of aryl methyl sites for hydroxylation is 2. The minimum atomic E-state index is 0.568. The SMILES string of the molecule is Cc1cnn(C)c1[C@H]1CNCC12CCC2. The predicted molar refractivity (Wildman–Crippen MR) is 59.8 cm³/mol. The van der Waals surface area contributed by atoms with Gasteiger partial charge >= 0.3 is 0 Å². The van der Waals surface area contributed by atoms with Crippen molar-refractivity contribution in [2.75, 3.05) is 13.1 Å². The van der Waals surface area contributed by atoms with E-state index in [1.165, 1.54) is 37.1 Å². The summed E-state index contributed by atoms with van der Waals surface area (Å²) in [5.74, 6) is 0.693. The van der Waals surface area contributed by atoms with Crippen molar-refractivity contribution in [2.45, 2.75) is 32.1 Å². The third-order valence-electron chi connectivity index (χ3n) is 4.42. The molecule has 0 aromatic carbocycles. The first kappa shape index (κ1) is 9.40. The van der Waals surface area contributed by atoms with Crippen molar-refractivity contribution in [1.29, 1.82) is 0 Å². The quantitative estimate of drug-likeness (QED) is 0.754. The molecule has 3 heteroatoms. The molecular weight excluding hydrogens is 186 g/mol. The molecule has 0 radical (unpaired) electrons. The topological polar surface area (TPSA) is 29.9 Å². The van der Waals surface area contributed by atoms with Gasteiger partial charge in [-0.25, -0.2) is 0 Å². The summed E-state index contributed by atoms with van der Waals surface area (Å²) in [6.45, 7) is 4.54. The van der Waals surface area contributed by atoms with Crippen LogP contribution >= 0.6 is 0 Å². The largest absolute Gasteiger partial charge is 0.315 e. The minimum Gasteiger partial charge on any atom is -0.315 e. The third kappa shape index (κ3) is 1.19. The van der Waals surface area contributed by atoms with E-state index in [1.54, 1.807) is 0 Å². The van der Waals surface area contributed by atoms with Crippen LogP contribution in [0, 0.1) is 12.3 Å². The van der Waals surface area contributed by atoms with E-state index >= 15 is 0 Å². The van der Waals surface area contributed by atoms with Crippen LogP contribution in [0.1, 0.15) is 36.4 Å². The summed E-state index contributed by atoms with van der Waals surface area (Å²) in [5.41, 5.74) is 3.38. The normalized spacial score (nSPS) is 28.3. The van der Waals surface area contributed by atoms with E-state index < -0.39 is 0 Å². The second kappa shape index (κ2) is 3.08. The molecule has 1 atom stereocenters. The molecule has 3 nitrogen and oxygen atoms in total. The number of nitrogens with one attached hydrogen (secondary N) is 1. The Kier molecular flexibility index (Phi) is 1.93. The van der Waals surface area contributed by atoms with E-state index in [2.05, 4.69) is 29.1 Å². The number of nitrogens with zero attached hydrogens (tertiary/aromatic N) is 2. The highest BCUT2D eigenvalue weighted by molar-refractivity contribution is 5.26. The first-order valence-electron chi connectivity index (χ1n) is 5.92. The summed E-state index contributed by atoms with van der Waals surface area (Å²) in [5, 5.41) is 7.94. The van der Waals surface area contributed by atoms with Crippen molar-refractivity contribution in [3.63, 3.8) is 0 Å². The molecule has 1 aliphatic heterocycles. The fourth-order valence-corrected chi connectivity index (χ4v) is 3.41. The minimum absolute atomic E-state index is 0.568. The third-order valence-corrected chi connectivity index (χ3v) is 4.42. The van der Waals surface area contributed by atoms with Crippen LogP contribution in [0.4, 0.5) is 0 Å². The predicted octanol–water partition coefficient (Wildman–Crippen LogP) is 1.59. The molecule has 15 heavy (non-hydrogen) atoms. The average molecular weight is 205 g/mol. The molecule has 2 aliphatic rings. The lowest BCUT2D eigenvalue weighted by atomic mass is 9.61. The Hall–Kier alpha value is -0.830. The zero-order valence-electron chi connectivity index (χ0n) is 9.58. The fraction of sp³-hybridized carbons (Fsp3) is 0.750. The summed E-state index contributed by atoms with van der Waals surface area (Å²) in [4.78, 5) is 0. The Bertz CT molecular complexity index is 357. The van der Waals surface area contributed by atoms with E-state index in [4.69, 9.17) is 0 Å². The van der Waals surface area contributed by atoms with Gasteiger partial charge in [-0.2, -0.15) is 5.10 Å². The van der Waals surface area contributed by atoms with Crippen LogP contribution in [-0.2, 0) is 7.05 Å². The van der Waals surface area contributed by atoms with Gasteiger partial charge in [0.25, 0.3) is 0 Å². The smallest absolute Gasteiger partial charge is 0.0521 e. The first-order valence-corrected chi connectivity index (χ1v) is 5.92. The van der Waals surface area contributed by atoms with E-state index in [0.29, 0.717) is 11.3 Å². The lowest BCUT2D eigenvalue weighted by molar-refractivity contribution is 0.133. The monoisotopic (exact) mass is 205 g/mol. The van der Waals surface area contributed by atoms with Crippen LogP contribution in [-0.4, -0.2) is 22.9 Å². The highest BCUT2D eigenvalue weighted by Gasteiger charge is 2.49. The van der Waals surface area contributed by atoms with Crippen LogP contribution in [0.3, 0.4) is 0 Å². The van der Waals surface area contributed by atoms with Crippen molar-refractivity contribution < 1.29 is 0 Å². The molecule has 1 saturated heterocycles. The van der Waals surface area contributed by atoms with Gasteiger partial charge in [0.2, 0.25) is 0 Å². The van der Waals surface area contributed by atoms with Gasteiger partial charge in [0, 0.05) is 31.7 Å². The molecule has 82 valence electrons. The average Bonchev–Trinajstić information content (AvgIpc) is 2.69. The van der Waals surface area contributed by atoms with Gasteiger partial charge in [-0.3, -0.25) is 4.68 Å². The molecular formula is C12H19N3. The van der Waals surface area contributed by atoms with Gasteiger partial charge < -0.3 is 5.32 Å². The number of hydrogen-bond acceptors (Lipinski definition) is 2.